The number of hydrogen-bond donors (Lipinski definition) is 0. The van der Waals surface area contributed by atoms with Crippen molar-refractivity contribution in [2.45, 2.75) is 32.6 Å². The van der Waals surface area contributed by atoms with Crippen LogP contribution in [0.1, 0.15) is 32.6 Å². The fourth-order valence-corrected chi connectivity index (χ4v) is 0.684. The van der Waals surface area contributed by atoms with Gasteiger partial charge in [0.25, 0.3) is 6.16 Å². The smallest absolute Gasteiger partial charge is 0.550 e. The molecule has 0 saturated carbocycles. The maximum atomic E-state index is 9.70. The van der Waals surface area contributed by atoms with E-state index in [-0.39, 0.29) is 36.2 Å². The Morgan fingerprint density at radius 3 is 2.45 bits per heavy atom. The first-order valence-corrected chi connectivity index (χ1v) is 3.61. The first-order chi connectivity index (χ1) is 4.77. The van der Waals surface area contributed by atoms with Gasteiger partial charge >= 0.3 is 29.6 Å². The molecule has 3 nitrogen and oxygen atoms in total. The van der Waals surface area contributed by atoms with Gasteiger partial charge in [-0.1, -0.05) is 26.2 Å². The summed E-state index contributed by atoms with van der Waals surface area (Å²) in [6, 6.07) is 0. The monoisotopic (exact) mass is 168 g/mol. The van der Waals surface area contributed by atoms with Crippen LogP contribution in [-0.4, -0.2) is 12.8 Å². The van der Waals surface area contributed by atoms with E-state index in [1.54, 1.807) is 0 Å². The molecule has 0 bridgehead atoms. The fraction of sp³-hybridized carbons (Fsp3) is 0.857. The molecule has 0 radical (unpaired) electrons. The molecule has 11 heavy (non-hydrogen) atoms. The van der Waals surface area contributed by atoms with Gasteiger partial charge in [-0.15, -0.1) is 0 Å². The van der Waals surface area contributed by atoms with Crippen LogP contribution in [0.4, 0.5) is 4.79 Å². The van der Waals surface area contributed by atoms with Crippen LogP contribution in [0.3, 0.4) is 0 Å². The summed E-state index contributed by atoms with van der Waals surface area (Å²) < 4.78 is 4.19. The SMILES string of the molecule is CCCCCCOC(=O)[O-].[Na+]. The van der Waals surface area contributed by atoms with Gasteiger partial charge in [0.2, 0.25) is 0 Å². The van der Waals surface area contributed by atoms with Gasteiger partial charge in [0.1, 0.15) is 0 Å². The van der Waals surface area contributed by atoms with Crippen molar-refractivity contribution in [1.29, 1.82) is 0 Å². The summed E-state index contributed by atoms with van der Waals surface area (Å²) in [6.07, 6.45) is 2.70. The van der Waals surface area contributed by atoms with Gasteiger partial charge < -0.3 is 14.6 Å². The van der Waals surface area contributed by atoms with E-state index in [1.807, 2.05) is 0 Å². The Hall–Kier alpha value is 0.270. The molecule has 0 atom stereocenters. The van der Waals surface area contributed by atoms with Crippen molar-refractivity contribution >= 4 is 6.16 Å². The van der Waals surface area contributed by atoms with Gasteiger partial charge in [-0.05, 0) is 6.42 Å². The molecule has 0 saturated heterocycles. The first-order valence-electron chi connectivity index (χ1n) is 3.61. The second-order valence-electron chi connectivity index (χ2n) is 2.16. The van der Waals surface area contributed by atoms with E-state index in [0.29, 0.717) is 0 Å². The zero-order valence-corrected chi connectivity index (χ0v) is 9.26. The quantitative estimate of drug-likeness (QED) is 0.269. The Bertz CT molecular complexity index is 95.7. The van der Waals surface area contributed by atoms with Crippen LogP contribution in [-0.2, 0) is 4.74 Å². The molecule has 0 aromatic rings. The van der Waals surface area contributed by atoms with Crippen molar-refractivity contribution in [1.82, 2.24) is 0 Å². The third-order valence-electron chi connectivity index (χ3n) is 1.22. The molecule has 0 unspecified atom stereocenters. The van der Waals surface area contributed by atoms with Gasteiger partial charge in [-0.25, -0.2) is 0 Å². The Kier molecular flexibility index (Phi) is 12.9. The van der Waals surface area contributed by atoms with Crippen molar-refractivity contribution in [3.63, 3.8) is 0 Å². The van der Waals surface area contributed by atoms with Crippen LogP contribution in [0.2, 0.25) is 0 Å². The second kappa shape index (κ2) is 10.3. The minimum absolute atomic E-state index is 0. The molecule has 0 N–H and O–H groups in total. The summed E-state index contributed by atoms with van der Waals surface area (Å²) in [5.41, 5.74) is 0. The van der Waals surface area contributed by atoms with Crippen molar-refractivity contribution < 1.29 is 44.2 Å². The Labute approximate surface area is 89.4 Å². The van der Waals surface area contributed by atoms with Crippen LogP contribution in [0, 0.1) is 0 Å². The average Bonchev–Trinajstić information content (AvgIpc) is 1.87. The molecule has 0 aromatic heterocycles. The second-order valence-corrected chi connectivity index (χ2v) is 2.16. The molecule has 0 rings (SSSR count). The van der Waals surface area contributed by atoms with Crippen molar-refractivity contribution in [3.05, 3.63) is 0 Å². The molecular formula is C7H13NaO3. The summed E-state index contributed by atoms with van der Waals surface area (Å²) in [5.74, 6) is 0. The number of unbranched alkanes of at least 4 members (excludes halogenated alkanes) is 3. The molecule has 60 valence electrons. The van der Waals surface area contributed by atoms with Crippen molar-refractivity contribution in [2.24, 2.45) is 0 Å². The fourth-order valence-electron chi connectivity index (χ4n) is 0.684. The number of hydrogen-bond acceptors (Lipinski definition) is 3. The molecule has 0 aliphatic carbocycles. The molecule has 0 aromatic carbocycles. The molecule has 0 heterocycles. The molecular weight excluding hydrogens is 155 g/mol. The van der Waals surface area contributed by atoms with E-state index in [9.17, 15) is 9.90 Å². The normalized spacial score (nSPS) is 8.45. The van der Waals surface area contributed by atoms with Crippen LogP contribution in [0.25, 0.3) is 0 Å². The predicted molar refractivity (Wildman–Crippen MR) is 35.5 cm³/mol. The first kappa shape index (κ1) is 13.8. The summed E-state index contributed by atoms with van der Waals surface area (Å²) in [6.45, 7) is 2.38. The standard InChI is InChI=1S/C7H14O3.Na/c1-2-3-4-5-6-10-7(8)9;/h2-6H2,1H3,(H,8,9);/q;+1/p-1. The third kappa shape index (κ3) is 13.3. The molecule has 0 spiro atoms. The summed E-state index contributed by atoms with van der Waals surface area (Å²) in [7, 11) is 0. The van der Waals surface area contributed by atoms with Crippen LogP contribution in [0.15, 0.2) is 0 Å². The topological polar surface area (TPSA) is 49.4 Å². The maximum absolute atomic E-state index is 9.70. The van der Waals surface area contributed by atoms with Gasteiger partial charge in [0.15, 0.2) is 0 Å². The molecule has 0 amide bonds. The average molecular weight is 168 g/mol. The van der Waals surface area contributed by atoms with E-state index in [0.717, 1.165) is 25.7 Å². The molecule has 0 aliphatic rings. The minimum atomic E-state index is -1.42. The maximum Gasteiger partial charge on any atom is 1.00 e. The Balaban J connectivity index is 0. The van der Waals surface area contributed by atoms with E-state index in [4.69, 9.17) is 0 Å². The largest absolute Gasteiger partial charge is 1.00 e. The van der Waals surface area contributed by atoms with Crippen LogP contribution < -0.4 is 34.7 Å². The molecule has 0 aliphatic heterocycles. The number of carbonyl (C=O) groups is 1. The number of carboxylic acid groups (broad SMARTS) is 1. The van der Waals surface area contributed by atoms with Gasteiger partial charge in [0.05, 0.1) is 0 Å². The van der Waals surface area contributed by atoms with E-state index in [2.05, 4.69) is 11.7 Å². The predicted octanol–water partition coefficient (Wildman–Crippen LogP) is -2.07. The summed E-state index contributed by atoms with van der Waals surface area (Å²) in [5, 5.41) is 9.70. The van der Waals surface area contributed by atoms with Crippen LogP contribution >= 0.6 is 0 Å². The molecule has 4 heteroatoms. The number of carbonyl (C=O) groups excluding carboxylic acids is 1. The Morgan fingerprint density at radius 2 is 2.00 bits per heavy atom. The van der Waals surface area contributed by atoms with Gasteiger partial charge in [0, 0.05) is 6.61 Å². The Morgan fingerprint density at radius 1 is 1.36 bits per heavy atom. The van der Waals surface area contributed by atoms with Crippen molar-refractivity contribution in [2.75, 3.05) is 6.61 Å². The summed E-state index contributed by atoms with van der Waals surface area (Å²) in [4.78, 5) is 9.70. The van der Waals surface area contributed by atoms with E-state index >= 15 is 0 Å². The third-order valence-corrected chi connectivity index (χ3v) is 1.22. The van der Waals surface area contributed by atoms with Gasteiger partial charge in [-0.3, -0.25) is 0 Å². The number of ether oxygens (including phenoxy) is 1. The van der Waals surface area contributed by atoms with E-state index in [1.165, 1.54) is 0 Å². The summed E-state index contributed by atoms with van der Waals surface area (Å²) >= 11 is 0. The van der Waals surface area contributed by atoms with Crippen LogP contribution in [0.5, 0.6) is 0 Å². The van der Waals surface area contributed by atoms with Gasteiger partial charge in [-0.2, -0.15) is 0 Å². The zero-order valence-electron chi connectivity index (χ0n) is 7.26. The molecule has 0 fully saturated rings. The number of rotatable bonds is 5. The van der Waals surface area contributed by atoms with E-state index < -0.39 is 6.16 Å². The zero-order chi connectivity index (χ0) is 7.82. The van der Waals surface area contributed by atoms with Crippen molar-refractivity contribution in [3.8, 4) is 0 Å². The minimum Gasteiger partial charge on any atom is -0.550 e.